The molecule has 0 atom stereocenters. The van der Waals surface area contributed by atoms with E-state index in [0.717, 1.165) is 11.4 Å². The van der Waals surface area contributed by atoms with Crippen LogP contribution in [-0.4, -0.2) is 25.3 Å². The van der Waals surface area contributed by atoms with Gasteiger partial charge in [-0.15, -0.1) is 0 Å². The highest BCUT2D eigenvalue weighted by molar-refractivity contribution is 5.94. The summed E-state index contributed by atoms with van der Waals surface area (Å²) in [7, 11) is 0. The number of ether oxygens (including phenoxy) is 3. The van der Waals surface area contributed by atoms with Gasteiger partial charge in [0, 0.05) is 17.4 Å². The third kappa shape index (κ3) is 4.10. The van der Waals surface area contributed by atoms with Crippen LogP contribution >= 0.6 is 0 Å². The molecule has 6 nitrogen and oxygen atoms in total. The minimum atomic E-state index is -0.142. The van der Waals surface area contributed by atoms with Crippen molar-refractivity contribution < 1.29 is 19.0 Å². The number of carbonyl (C=O) groups excluding carboxylic acids is 1. The van der Waals surface area contributed by atoms with Crippen molar-refractivity contribution in [3.63, 3.8) is 0 Å². The van der Waals surface area contributed by atoms with Crippen LogP contribution < -0.4 is 24.8 Å². The first kappa shape index (κ1) is 16.0. The average molecular weight is 328 g/mol. The van der Waals surface area contributed by atoms with Crippen molar-refractivity contribution in [1.29, 1.82) is 0 Å². The lowest BCUT2D eigenvalue weighted by molar-refractivity contribution is -0.114. The molecule has 2 N–H and O–H groups in total. The van der Waals surface area contributed by atoms with Gasteiger partial charge in [-0.05, 0) is 50.2 Å². The first-order valence-corrected chi connectivity index (χ1v) is 7.80. The van der Waals surface area contributed by atoms with E-state index in [-0.39, 0.29) is 25.3 Å². The fourth-order valence-corrected chi connectivity index (χ4v) is 2.29. The van der Waals surface area contributed by atoms with Crippen molar-refractivity contribution in [3.8, 4) is 17.2 Å². The molecule has 3 rings (SSSR count). The highest BCUT2D eigenvalue weighted by Crippen LogP contribution is 2.34. The molecule has 1 amide bonds. The Morgan fingerprint density at radius 2 is 1.79 bits per heavy atom. The molecule has 0 aromatic heterocycles. The lowest BCUT2D eigenvalue weighted by Gasteiger charge is -2.11. The largest absolute Gasteiger partial charge is 0.491 e. The first-order chi connectivity index (χ1) is 11.6. The van der Waals surface area contributed by atoms with Crippen LogP contribution in [0.4, 0.5) is 11.4 Å². The number of nitrogens with one attached hydrogen (secondary N) is 2. The summed E-state index contributed by atoms with van der Waals surface area (Å²) in [5.41, 5.74) is 1.53. The van der Waals surface area contributed by atoms with Crippen molar-refractivity contribution in [2.45, 2.75) is 20.0 Å². The van der Waals surface area contributed by atoms with Crippen LogP contribution in [0.15, 0.2) is 42.5 Å². The predicted molar refractivity (Wildman–Crippen MR) is 91.9 cm³/mol. The zero-order valence-corrected chi connectivity index (χ0v) is 13.7. The summed E-state index contributed by atoms with van der Waals surface area (Å²) in [6.07, 6.45) is 0.135. The van der Waals surface area contributed by atoms with Gasteiger partial charge in [-0.1, -0.05) is 0 Å². The quantitative estimate of drug-likeness (QED) is 0.852. The number of anilines is 2. The second-order valence-electron chi connectivity index (χ2n) is 5.66. The molecule has 1 aliphatic rings. The molecule has 1 heterocycles. The molecule has 1 aliphatic heterocycles. The molecule has 0 fully saturated rings. The van der Waals surface area contributed by atoms with Gasteiger partial charge in [0.1, 0.15) is 5.75 Å². The highest BCUT2D eigenvalue weighted by atomic mass is 16.7. The van der Waals surface area contributed by atoms with Crippen LogP contribution in [0.2, 0.25) is 0 Å². The summed E-state index contributed by atoms with van der Waals surface area (Å²) in [5.74, 6) is 1.99. The molecule has 0 radical (unpaired) electrons. The summed E-state index contributed by atoms with van der Waals surface area (Å²) < 4.78 is 16.1. The minimum absolute atomic E-state index is 0.135. The van der Waals surface area contributed by atoms with E-state index in [1.807, 2.05) is 38.1 Å². The zero-order valence-electron chi connectivity index (χ0n) is 13.7. The number of amides is 1. The number of carbonyl (C=O) groups is 1. The average Bonchev–Trinajstić information content (AvgIpc) is 3.01. The molecule has 0 unspecified atom stereocenters. The molecule has 24 heavy (non-hydrogen) atoms. The summed E-state index contributed by atoms with van der Waals surface area (Å²) in [6.45, 7) is 4.34. The maximum Gasteiger partial charge on any atom is 0.243 e. The Morgan fingerprint density at radius 1 is 1.08 bits per heavy atom. The van der Waals surface area contributed by atoms with Gasteiger partial charge in [0.15, 0.2) is 11.5 Å². The monoisotopic (exact) mass is 328 g/mol. The highest BCUT2D eigenvalue weighted by Gasteiger charge is 2.14. The van der Waals surface area contributed by atoms with Crippen molar-refractivity contribution >= 4 is 17.3 Å². The Balaban J connectivity index is 1.50. The molecule has 0 saturated carbocycles. The van der Waals surface area contributed by atoms with E-state index in [9.17, 15) is 4.79 Å². The molecular weight excluding hydrogens is 308 g/mol. The topological polar surface area (TPSA) is 68.8 Å². The first-order valence-electron chi connectivity index (χ1n) is 7.80. The third-order valence-electron chi connectivity index (χ3n) is 3.34. The van der Waals surface area contributed by atoms with Crippen molar-refractivity contribution in [2.75, 3.05) is 24.0 Å². The number of fused-ring (bicyclic) bond motifs is 1. The fraction of sp³-hybridized carbons (Fsp3) is 0.278. The Kier molecular flexibility index (Phi) is 4.74. The van der Waals surface area contributed by atoms with Gasteiger partial charge in [-0.3, -0.25) is 4.79 Å². The second-order valence-corrected chi connectivity index (χ2v) is 5.66. The lowest BCUT2D eigenvalue weighted by atomic mass is 10.2. The summed E-state index contributed by atoms with van der Waals surface area (Å²) in [5, 5.41) is 5.89. The van der Waals surface area contributed by atoms with Gasteiger partial charge in [0.05, 0.1) is 12.6 Å². The van der Waals surface area contributed by atoms with Crippen LogP contribution in [0.25, 0.3) is 0 Å². The number of benzene rings is 2. The molecule has 2 aromatic rings. The van der Waals surface area contributed by atoms with Crippen molar-refractivity contribution in [1.82, 2.24) is 0 Å². The number of hydrogen-bond acceptors (Lipinski definition) is 5. The SMILES string of the molecule is CC(C)Oc1ccc(NCC(=O)Nc2ccc3c(c2)OCO3)cc1. The summed E-state index contributed by atoms with van der Waals surface area (Å²) in [6, 6.07) is 12.8. The molecular formula is C18H20N2O4. The van der Waals surface area contributed by atoms with Crippen LogP contribution in [0.3, 0.4) is 0 Å². The van der Waals surface area contributed by atoms with Gasteiger partial charge in [0.25, 0.3) is 0 Å². The Labute approximate surface area is 140 Å². The van der Waals surface area contributed by atoms with Crippen LogP contribution in [0.1, 0.15) is 13.8 Å². The van der Waals surface area contributed by atoms with E-state index in [0.29, 0.717) is 17.2 Å². The van der Waals surface area contributed by atoms with Gasteiger partial charge >= 0.3 is 0 Å². The normalized spacial score (nSPS) is 12.1. The van der Waals surface area contributed by atoms with E-state index < -0.39 is 0 Å². The Bertz CT molecular complexity index is 713. The fourth-order valence-electron chi connectivity index (χ4n) is 2.29. The van der Waals surface area contributed by atoms with Crippen LogP contribution in [0, 0.1) is 0 Å². The van der Waals surface area contributed by atoms with E-state index in [4.69, 9.17) is 14.2 Å². The molecule has 0 bridgehead atoms. The van der Waals surface area contributed by atoms with E-state index in [1.54, 1.807) is 18.2 Å². The third-order valence-corrected chi connectivity index (χ3v) is 3.34. The molecule has 0 saturated heterocycles. The van der Waals surface area contributed by atoms with Crippen molar-refractivity contribution in [3.05, 3.63) is 42.5 Å². The summed E-state index contributed by atoms with van der Waals surface area (Å²) in [4.78, 5) is 12.0. The van der Waals surface area contributed by atoms with Gasteiger partial charge in [0.2, 0.25) is 12.7 Å². The maximum absolute atomic E-state index is 12.0. The Hall–Kier alpha value is -2.89. The summed E-state index contributed by atoms with van der Waals surface area (Å²) >= 11 is 0. The standard InChI is InChI=1S/C18H20N2O4/c1-12(2)24-15-6-3-13(4-7-15)19-10-18(21)20-14-5-8-16-17(9-14)23-11-22-16/h3-9,12,19H,10-11H2,1-2H3,(H,20,21). The zero-order chi connectivity index (χ0) is 16.9. The van der Waals surface area contributed by atoms with Gasteiger partial charge in [-0.25, -0.2) is 0 Å². The van der Waals surface area contributed by atoms with E-state index in [1.165, 1.54) is 0 Å². The molecule has 2 aromatic carbocycles. The van der Waals surface area contributed by atoms with Gasteiger partial charge < -0.3 is 24.8 Å². The molecule has 126 valence electrons. The molecule has 6 heteroatoms. The lowest BCUT2D eigenvalue weighted by Crippen LogP contribution is -2.21. The van der Waals surface area contributed by atoms with Crippen LogP contribution in [-0.2, 0) is 4.79 Å². The molecule has 0 aliphatic carbocycles. The molecule has 0 spiro atoms. The second kappa shape index (κ2) is 7.12. The van der Waals surface area contributed by atoms with E-state index >= 15 is 0 Å². The predicted octanol–water partition coefficient (Wildman–Crippen LogP) is 3.25. The number of rotatable bonds is 6. The Morgan fingerprint density at radius 3 is 2.54 bits per heavy atom. The van der Waals surface area contributed by atoms with Gasteiger partial charge in [-0.2, -0.15) is 0 Å². The number of hydrogen-bond donors (Lipinski definition) is 2. The minimum Gasteiger partial charge on any atom is -0.491 e. The smallest absolute Gasteiger partial charge is 0.243 e. The van der Waals surface area contributed by atoms with Crippen molar-refractivity contribution in [2.24, 2.45) is 0 Å². The van der Waals surface area contributed by atoms with E-state index in [2.05, 4.69) is 10.6 Å². The maximum atomic E-state index is 12.0. The van der Waals surface area contributed by atoms with Crippen LogP contribution in [0.5, 0.6) is 17.2 Å².